The molecule has 0 aromatic carbocycles. The highest BCUT2D eigenvalue weighted by Gasteiger charge is 2.23. The number of ether oxygens (including phenoxy) is 1. The molecule has 204 valence electrons. The van der Waals surface area contributed by atoms with Crippen molar-refractivity contribution in [3.8, 4) is 0 Å². The van der Waals surface area contributed by atoms with Crippen LogP contribution in [0.15, 0.2) is 6.07 Å². The zero-order valence-corrected chi connectivity index (χ0v) is 22.5. The highest BCUT2D eigenvalue weighted by molar-refractivity contribution is 5.52. The molecule has 9 nitrogen and oxygen atoms in total. The van der Waals surface area contributed by atoms with Crippen molar-refractivity contribution in [2.75, 3.05) is 75.0 Å². The van der Waals surface area contributed by atoms with E-state index in [-0.39, 0.29) is 0 Å². The molecule has 36 heavy (non-hydrogen) atoms. The SMILES string of the molecule is CCOCCN1CCN(c2cc(N)nc(NC3CCC(NCCCNC4CCCCC4)CC3)n2)CC1. The molecule has 0 spiro atoms. The van der Waals surface area contributed by atoms with Gasteiger partial charge in [-0.25, -0.2) is 0 Å². The van der Waals surface area contributed by atoms with Crippen LogP contribution < -0.4 is 26.6 Å². The Balaban J connectivity index is 1.13. The number of nitrogens with one attached hydrogen (secondary N) is 3. The summed E-state index contributed by atoms with van der Waals surface area (Å²) >= 11 is 0. The van der Waals surface area contributed by atoms with Gasteiger partial charge in [-0.1, -0.05) is 19.3 Å². The van der Waals surface area contributed by atoms with Crippen molar-refractivity contribution in [1.82, 2.24) is 25.5 Å². The van der Waals surface area contributed by atoms with Gasteiger partial charge in [0.2, 0.25) is 5.95 Å². The molecule has 1 aromatic rings. The van der Waals surface area contributed by atoms with Gasteiger partial charge in [0, 0.05) is 63.5 Å². The van der Waals surface area contributed by atoms with Crippen molar-refractivity contribution in [3.05, 3.63) is 6.07 Å². The first kappa shape index (κ1) is 27.4. The van der Waals surface area contributed by atoms with Crippen LogP contribution in [0.25, 0.3) is 0 Å². The number of hydrogen-bond acceptors (Lipinski definition) is 9. The number of hydrogen-bond donors (Lipinski definition) is 4. The minimum Gasteiger partial charge on any atom is -0.383 e. The molecular weight excluding hydrogens is 452 g/mol. The van der Waals surface area contributed by atoms with Crippen molar-refractivity contribution in [2.45, 2.75) is 89.3 Å². The molecule has 0 unspecified atom stereocenters. The van der Waals surface area contributed by atoms with E-state index in [1.165, 1.54) is 51.4 Å². The van der Waals surface area contributed by atoms with Crippen LogP contribution >= 0.6 is 0 Å². The molecule has 1 saturated heterocycles. The third-order valence-electron chi connectivity index (χ3n) is 8.07. The number of anilines is 3. The van der Waals surface area contributed by atoms with Gasteiger partial charge in [0.15, 0.2) is 0 Å². The van der Waals surface area contributed by atoms with Gasteiger partial charge in [0.1, 0.15) is 11.6 Å². The van der Waals surface area contributed by atoms with Gasteiger partial charge in [0.25, 0.3) is 0 Å². The van der Waals surface area contributed by atoms with Gasteiger partial charge in [-0.15, -0.1) is 0 Å². The summed E-state index contributed by atoms with van der Waals surface area (Å²) in [6.07, 6.45) is 12.9. The Morgan fingerprint density at radius 2 is 1.56 bits per heavy atom. The number of piperazine rings is 1. The number of nitrogen functional groups attached to an aromatic ring is 1. The fourth-order valence-electron chi connectivity index (χ4n) is 5.85. The van der Waals surface area contributed by atoms with Crippen LogP contribution in [0.2, 0.25) is 0 Å². The maximum Gasteiger partial charge on any atom is 0.226 e. The largest absolute Gasteiger partial charge is 0.383 e. The lowest BCUT2D eigenvalue weighted by Crippen LogP contribution is -2.47. The Morgan fingerprint density at radius 3 is 2.25 bits per heavy atom. The summed E-state index contributed by atoms with van der Waals surface area (Å²) in [7, 11) is 0. The summed E-state index contributed by atoms with van der Waals surface area (Å²) in [6, 6.07) is 3.73. The van der Waals surface area contributed by atoms with E-state index in [0.29, 0.717) is 23.8 Å². The molecule has 1 aromatic heterocycles. The average Bonchev–Trinajstić information content (AvgIpc) is 2.90. The molecule has 0 bridgehead atoms. The standard InChI is InChI=1S/C27H50N8O/c1-2-36-20-19-34-15-17-35(18-16-34)26-21-25(28)32-27(33-26)31-24-11-9-23(10-12-24)30-14-6-13-29-22-7-4-3-5-8-22/h21-24,29-30H,2-20H2,1H3,(H3,28,31,32,33). The van der Waals surface area contributed by atoms with Crippen LogP contribution in [-0.2, 0) is 4.74 Å². The van der Waals surface area contributed by atoms with Crippen molar-refractivity contribution in [1.29, 1.82) is 0 Å². The lowest BCUT2D eigenvalue weighted by atomic mass is 9.91. The Kier molecular flexibility index (Phi) is 11.3. The van der Waals surface area contributed by atoms with Gasteiger partial charge in [-0.2, -0.15) is 9.97 Å². The molecule has 5 N–H and O–H groups in total. The highest BCUT2D eigenvalue weighted by atomic mass is 16.5. The smallest absolute Gasteiger partial charge is 0.226 e. The lowest BCUT2D eigenvalue weighted by molar-refractivity contribution is 0.111. The van der Waals surface area contributed by atoms with Gasteiger partial charge in [-0.3, -0.25) is 4.90 Å². The molecule has 4 rings (SSSR count). The highest BCUT2D eigenvalue weighted by Crippen LogP contribution is 2.24. The van der Waals surface area contributed by atoms with E-state index in [1.807, 2.05) is 13.0 Å². The monoisotopic (exact) mass is 502 g/mol. The summed E-state index contributed by atoms with van der Waals surface area (Å²) in [5.74, 6) is 2.15. The molecule has 3 aliphatic rings. The van der Waals surface area contributed by atoms with E-state index in [4.69, 9.17) is 15.5 Å². The first-order chi connectivity index (χ1) is 17.7. The summed E-state index contributed by atoms with van der Waals surface area (Å²) in [4.78, 5) is 14.1. The zero-order chi connectivity index (χ0) is 25.0. The van der Waals surface area contributed by atoms with E-state index in [0.717, 1.165) is 83.7 Å². The molecule has 2 saturated carbocycles. The van der Waals surface area contributed by atoms with Crippen LogP contribution in [0.3, 0.4) is 0 Å². The van der Waals surface area contributed by atoms with E-state index in [1.54, 1.807) is 0 Å². The van der Waals surface area contributed by atoms with Gasteiger partial charge >= 0.3 is 0 Å². The average molecular weight is 503 g/mol. The Bertz CT molecular complexity index is 743. The van der Waals surface area contributed by atoms with Gasteiger partial charge < -0.3 is 31.3 Å². The van der Waals surface area contributed by atoms with E-state index >= 15 is 0 Å². The predicted molar refractivity (Wildman–Crippen MR) is 149 cm³/mol. The van der Waals surface area contributed by atoms with Crippen LogP contribution in [-0.4, -0.2) is 92.0 Å². The van der Waals surface area contributed by atoms with Crippen molar-refractivity contribution in [3.63, 3.8) is 0 Å². The summed E-state index contributed by atoms with van der Waals surface area (Å²) in [5.41, 5.74) is 6.17. The van der Waals surface area contributed by atoms with E-state index in [2.05, 4.69) is 30.7 Å². The number of nitrogens with zero attached hydrogens (tertiary/aromatic N) is 4. The molecule has 9 heteroatoms. The molecule has 1 aliphatic heterocycles. The molecule has 2 aliphatic carbocycles. The van der Waals surface area contributed by atoms with Crippen molar-refractivity contribution in [2.24, 2.45) is 0 Å². The molecule has 0 atom stereocenters. The number of nitrogens with two attached hydrogens (primary N) is 1. The zero-order valence-electron chi connectivity index (χ0n) is 22.5. The number of aromatic nitrogens is 2. The normalized spacial score (nSPS) is 24.2. The minimum atomic E-state index is 0.418. The minimum absolute atomic E-state index is 0.418. The second-order valence-electron chi connectivity index (χ2n) is 10.8. The fraction of sp³-hybridized carbons (Fsp3) is 0.852. The Morgan fingerprint density at radius 1 is 0.889 bits per heavy atom. The van der Waals surface area contributed by atoms with Crippen LogP contribution in [0, 0.1) is 0 Å². The van der Waals surface area contributed by atoms with Crippen LogP contribution in [0.4, 0.5) is 17.6 Å². The Hall–Kier alpha value is -1.68. The maximum absolute atomic E-state index is 6.17. The number of rotatable bonds is 13. The predicted octanol–water partition coefficient (Wildman–Crippen LogP) is 2.84. The third kappa shape index (κ3) is 9.01. The quantitative estimate of drug-likeness (QED) is 0.303. The second-order valence-corrected chi connectivity index (χ2v) is 10.8. The maximum atomic E-state index is 6.17. The molecule has 2 heterocycles. The van der Waals surface area contributed by atoms with Crippen molar-refractivity contribution < 1.29 is 4.74 Å². The van der Waals surface area contributed by atoms with Crippen molar-refractivity contribution >= 4 is 17.6 Å². The van der Waals surface area contributed by atoms with Gasteiger partial charge in [-0.05, 0) is 65.0 Å². The summed E-state index contributed by atoms with van der Waals surface area (Å²) in [6.45, 7) is 10.8. The van der Waals surface area contributed by atoms with Crippen LogP contribution in [0.5, 0.6) is 0 Å². The van der Waals surface area contributed by atoms with E-state index in [9.17, 15) is 0 Å². The summed E-state index contributed by atoms with van der Waals surface area (Å²) in [5, 5.41) is 11.1. The molecule has 0 amide bonds. The topological polar surface area (TPSA) is 104 Å². The second kappa shape index (κ2) is 14.9. The first-order valence-corrected chi connectivity index (χ1v) is 14.6. The lowest BCUT2D eigenvalue weighted by Gasteiger charge is -2.35. The van der Waals surface area contributed by atoms with E-state index < -0.39 is 0 Å². The molecular formula is C27H50N8O. The Labute approximate surface area is 218 Å². The third-order valence-corrected chi connectivity index (χ3v) is 8.07. The fourth-order valence-corrected chi connectivity index (χ4v) is 5.85. The first-order valence-electron chi connectivity index (χ1n) is 14.6. The summed E-state index contributed by atoms with van der Waals surface area (Å²) < 4.78 is 5.50. The van der Waals surface area contributed by atoms with Gasteiger partial charge in [0.05, 0.1) is 6.61 Å². The van der Waals surface area contributed by atoms with Crippen LogP contribution in [0.1, 0.15) is 71.1 Å². The molecule has 3 fully saturated rings. The molecule has 0 radical (unpaired) electrons.